The van der Waals surface area contributed by atoms with Crippen molar-refractivity contribution in [3.05, 3.63) is 59.2 Å². The second kappa shape index (κ2) is 11.2. The molecule has 0 spiro atoms. The highest BCUT2D eigenvalue weighted by Crippen LogP contribution is 2.29. The van der Waals surface area contributed by atoms with E-state index in [0.717, 1.165) is 18.4 Å². The van der Waals surface area contributed by atoms with Crippen LogP contribution in [0.5, 0.6) is 11.5 Å². The number of methoxy groups -OCH3 is 1. The van der Waals surface area contributed by atoms with Gasteiger partial charge in [-0.15, -0.1) is 0 Å². The zero-order valence-corrected chi connectivity index (χ0v) is 18.6. The first-order valence-electron chi connectivity index (χ1n) is 10.3. The van der Waals surface area contributed by atoms with Crippen LogP contribution in [0.15, 0.2) is 42.5 Å². The zero-order chi connectivity index (χ0) is 22.1. The van der Waals surface area contributed by atoms with Crippen LogP contribution >= 0.6 is 0 Å². The topological polar surface area (TPSA) is 59.1 Å². The fourth-order valence-electron chi connectivity index (χ4n) is 2.99. The highest BCUT2D eigenvalue weighted by atomic mass is 16.5. The molecular formula is C24H32N2O4. The fourth-order valence-corrected chi connectivity index (χ4v) is 2.99. The summed E-state index contributed by atoms with van der Waals surface area (Å²) in [5.41, 5.74) is 2.14. The Balaban J connectivity index is 2.12. The first-order valence-corrected chi connectivity index (χ1v) is 10.3. The van der Waals surface area contributed by atoms with Crippen LogP contribution in [0.2, 0.25) is 0 Å². The Morgan fingerprint density at radius 1 is 0.900 bits per heavy atom. The van der Waals surface area contributed by atoms with Gasteiger partial charge >= 0.3 is 0 Å². The molecule has 0 saturated heterocycles. The number of nitrogens with zero attached hydrogens (tertiary/aromatic N) is 2. The summed E-state index contributed by atoms with van der Waals surface area (Å²) in [6.45, 7) is 5.70. The highest BCUT2D eigenvalue weighted by molar-refractivity contribution is 5.95. The van der Waals surface area contributed by atoms with E-state index < -0.39 is 0 Å². The summed E-state index contributed by atoms with van der Waals surface area (Å²) in [5, 5.41) is 0. The third-order valence-corrected chi connectivity index (χ3v) is 4.82. The van der Waals surface area contributed by atoms with Gasteiger partial charge in [0.05, 0.1) is 13.7 Å². The molecule has 6 heteroatoms. The number of unbranched alkanes of at least 4 members (excludes halogenated alkanes) is 1. The Labute approximate surface area is 179 Å². The smallest absolute Gasteiger partial charge is 0.254 e. The molecule has 0 aliphatic heterocycles. The van der Waals surface area contributed by atoms with Crippen molar-refractivity contribution in [1.29, 1.82) is 0 Å². The number of ether oxygens (including phenoxy) is 2. The lowest BCUT2D eigenvalue weighted by Gasteiger charge is -2.22. The van der Waals surface area contributed by atoms with Crippen LogP contribution in [0.4, 0.5) is 0 Å². The molecule has 0 atom stereocenters. The van der Waals surface area contributed by atoms with E-state index in [4.69, 9.17) is 9.47 Å². The van der Waals surface area contributed by atoms with E-state index in [1.807, 2.05) is 19.1 Å². The molecule has 0 saturated carbocycles. The molecule has 30 heavy (non-hydrogen) atoms. The van der Waals surface area contributed by atoms with Crippen LogP contribution in [0.25, 0.3) is 0 Å². The molecule has 0 aliphatic rings. The maximum atomic E-state index is 13.1. The van der Waals surface area contributed by atoms with Gasteiger partial charge in [0.2, 0.25) is 0 Å². The van der Waals surface area contributed by atoms with E-state index in [1.165, 1.54) is 0 Å². The van der Waals surface area contributed by atoms with Crippen molar-refractivity contribution in [2.75, 3.05) is 34.4 Å². The average molecular weight is 413 g/mol. The van der Waals surface area contributed by atoms with E-state index in [2.05, 4.69) is 6.92 Å². The van der Waals surface area contributed by atoms with Crippen LogP contribution in [0, 0.1) is 0 Å². The first-order chi connectivity index (χ1) is 14.4. The van der Waals surface area contributed by atoms with Crippen LogP contribution < -0.4 is 9.47 Å². The van der Waals surface area contributed by atoms with E-state index in [-0.39, 0.29) is 11.8 Å². The number of hydrogen-bond donors (Lipinski definition) is 0. The Morgan fingerprint density at radius 2 is 1.57 bits per heavy atom. The van der Waals surface area contributed by atoms with Crippen molar-refractivity contribution < 1.29 is 19.1 Å². The van der Waals surface area contributed by atoms with Gasteiger partial charge in [-0.1, -0.05) is 25.5 Å². The van der Waals surface area contributed by atoms with Gasteiger partial charge in [0, 0.05) is 38.3 Å². The molecule has 2 rings (SSSR count). The molecule has 0 fully saturated rings. The third-order valence-electron chi connectivity index (χ3n) is 4.82. The van der Waals surface area contributed by atoms with Gasteiger partial charge in [0.1, 0.15) is 0 Å². The maximum absolute atomic E-state index is 13.1. The van der Waals surface area contributed by atoms with Gasteiger partial charge in [-0.25, -0.2) is 0 Å². The van der Waals surface area contributed by atoms with Crippen molar-refractivity contribution in [1.82, 2.24) is 9.80 Å². The van der Waals surface area contributed by atoms with Crippen LogP contribution in [-0.2, 0) is 6.54 Å². The Bertz CT molecular complexity index is 847. The van der Waals surface area contributed by atoms with Gasteiger partial charge in [0.15, 0.2) is 11.5 Å². The number of amides is 2. The lowest BCUT2D eigenvalue weighted by atomic mass is 10.1. The van der Waals surface area contributed by atoms with Gasteiger partial charge < -0.3 is 19.3 Å². The minimum atomic E-state index is -0.0793. The van der Waals surface area contributed by atoms with Crippen LogP contribution in [0.1, 0.15) is 53.0 Å². The summed E-state index contributed by atoms with van der Waals surface area (Å²) < 4.78 is 11.2. The lowest BCUT2D eigenvalue weighted by Crippen LogP contribution is -2.30. The molecule has 2 aromatic rings. The van der Waals surface area contributed by atoms with Crippen molar-refractivity contribution >= 4 is 11.8 Å². The van der Waals surface area contributed by atoms with Gasteiger partial charge in [-0.3, -0.25) is 9.59 Å². The summed E-state index contributed by atoms with van der Waals surface area (Å²) in [6, 6.07) is 12.6. The molecule has 2 aromatic carbocycles. The van der Waals surface area contributed by atoms with Gasteiger partial charge in [0.25, 0.3) is 11.8 Å². The Hall–Kier alpha value is -3.02. The predicted octanol–water partition coefficient (Wildman–Crippen LogP) is 4.24. The summed E-state index contributed by atoms with van der Waals surface area (Å²) >= 11 is 0. The van der Waals surface area contributed by atoms with Crippen LogP contribution in [0.3, 0.4) is 0 Å². The predicted molar refractivity (Wildman–Crippen MR) is 118 cm³/mol. The minimum absolute atomic E-state index is 0.0432. The van der Waals surface area contributed by atoms with Gasteiger partial charge in [-0.05, 0) is 49.2 Å². The largest absolute Gasteiger partial charge is 0.493 e. The summed E-state index contributed by atoms with van der Waals surface area (Å²) in [4.78, 5) is 28.4. The molecule has 0 bridgehead atoms. The Kier molecular flexibility index (Phi) is 8.71. The molecule has 0 aromatic heterocycles. The average Bonchev–Trinajstić information content (AvgIpc) is 2.77. The molecule has 2 amide bonds. The van der Waals surface area contributed by atoms with Crippen molar-refractivity contribution in [3.8, 4) is 11.5 Å². The van der Waals surface area contributed by atoms with E-state index in [9.17, 15) is 9.59 Å². The molecule has 162 valence electrons. The first kappa shape index (κ1) is 23.3. The maximum Gasteiger partial charge on any atom is 0.254 e. The minimum Gasteiger partial charge on any atom is -0.493 e. The number of hydrogen-bond acceptors (Lipinski definition) is 4. The standard InChI is InChI=1S/C24H32N2O4/c1-6-8-15-30-21-14-13-20(16-22(21)29-5)24(28)26(7-2)17-18-9-11-19(12-10-18)23(27)25(3)4/h9-14,16H,6-8,15,17H2,1-5H3. The normalized spacial score (nSPS) is 10.4. The third kappa shape index (κ3) is 5.99. The van der Waals surface area contributed by atoms with Crippen molar-refractivity contribution in [3.63, 3.8) is 0 Å². The summed E-state index contributed by atoms with van der Waals surface area (Å²) in [6.07, 6.45) is 2.01. The molecule has 6 nitrogen and oxygen atoms in total. The fraction of sp³-hybridized carbons (Fsp3) is 0.417. The van der Waals surface area contributed by atoms with Gasteiger partial charge in [-0.2, -0.15) is 0 Å². The molecule has 0 aliphatic carbocycles. The molecule has 0 N–H and O–H groups in total. The lowest BCUT2D eigenvalue weighted by molar-refractivity contribution is 0.0751. The number of rotatable bonds is 10. The Morgan fingerprint density at radius 3 is 2.13 bits per heavy atom. The number of benzene rings is 2. The van der Waals surface area contributed by atoms with Crippen molar-refractivity contribution in [2.24, 2.45) is 0 Å². The second-order valence-electron chi connectivity index (χ2n) is 7.28. The van der Waals surface area contributed by atoms with Crippen LogP contribution in [-0.4, -0.2) is 56.0 Å². The molecule has 0 radical (unpaired) electrons. The quantitative estimate of drug-likeness (QED) is 0.548. The molecule has 0 heterocycles. The van der Waals surface area contributed by atoms with E-state index >= 15 is 0 Å². The highest BCUT2D eigenvalue weighted by Gasteiger charge is 2.17. The number of carbonyl (C=O) groups is 2. The number of carbonyl (C=O) groups excluding carboxylic acids is 2. The second-order valence-corrected chi connectivity index (χ2v) is 7.28. The summed E-state index contributed by atoms with van der Waals surface area (Å²) in [5.74, 6) is 1.08. The zero-order valence-electron chi connectivity index (χ0n) is 18.6. The monoisotopic (exact) mass is 412 g/mol. The summed E-state index contributed by atoms with van der Waals surface area (Å²) in [7, 11) is 5.02. The van der Waals surface area contributed by atoms with E-state index in [0.29, 0.717) is 42.3 Å². The van der Waals surface area contributed by atoms with E-state index in [1.54, 1.807) is 61.3 Å². The van der Waals surface area contributed by atoms with Crippen molar-refractivity contribution in [2.45, 2.75) is 33.2 Å². The molecular weight excluding hydrogens is 380 g/mol. The molecule has 0 unspecified atom stereocenters. The SMILES string of the molecule is CCCCOc1ccc(C(=O)N(CC)Cc2ccc(C(=O)N(C)C)cc2)cc1OC.